The minimum atomic E-state index is -1.06. The molecule has 0 aliphatic carbocycles. The molecule has 2 rings (SSSR count). The fourth-order valence-electron chi connectivity index (χ4n) is 1.63. The number of carbonyl (C=O) groups is 2. The topological polar surface area (TPSA) is 70.5 Å². The molecule has 0 unspecified atom stereocenters. The third-order valence-electron chi connectivity index (χ3n) is 2.67. The molecule has 19 heavy (non-hydrogen) atoms. The summed E-state index contributed by atoms with van der Waals surface area (Å²) in [6.07, 6.45) is 0.260. The van der Waals surface area contributed by atoms with E-state index in [0.717, 1.165) is 17.1 Å². The van der Waals surface area contributed by atoms with E-state index in [-0.39, 0.29) is 17.9 Å². The summed E-state index contributed by atoms with van der Waals surface area (Å²) >= 11 is 2.56. The van der Waals surface area contributed by atoms with Gasteiger partial charge in [-0.3, -0.25) is 4.79 Å². The van der Waals surface area contributed by atoms with Crippen LogP contribution < -0.4 is 4.90 Å². The van der Waals surface area contributed by atoms with Crippen LogP contribution in [0, 0.1) is 6.92 Å². The molecule has 2 aromatic rings. The van der Waals surface area contributed by atoms with Gasteiger partial charge in [0, 0.05) is 7.05 Å². The number of anilines is 1. The molecule has 1 amide bonds. The Morgan fingerprint density at radius 2 is 2.21 bits per heavy atom. The zero-order chi connectivity index (χ0) is 14.0. The number of carboxylic acids is 1. The number of likely N-dealkylation sites (N-methyl/N-ethyl adjacent to an activating group) is 1. The Labute approximate surface area is 118 Å². The van der Waals surface area contributed by atoms with Crippen LogP contribution in [-0.4, -0.2) is 28.4 Å². The first-order valence-corrected chi connectivity index (χ1v) is 7.19. The van der Waals surface area contributed by atoms with Gasteiger partial charge >= 0.3 is 5.97 Å². The molecule has 0 aliphatic rings. The van der Waals surface area contributed by atoms with Crippen LogP contribution in [0.4, 0.5) is 5.00 Å². The van der Waals surface area contributed by atoms with Gasteiger partial charge in [-0.2, -0.15) is 15.7 Å². The van der Waals surface area contributed by atoms with Gasteiger partial charge in [0.1, 0.15) is 10.6 Å². The normalized spacial score (nSPS) is 10.4. The van der Waals surface area contributed by atoms with Crippen molar-refractivity contribution in [1.29, 1.82) is 0 Å². The van der Waals surface area contributed by atoms with Gasteiger partial charge < -0.3 is 10.0 Å². The number of aromatic nitrogens is 1. The molecule has 0 bridgehead atoms. The first-order valence-electron chi connectivity index (χ1n) is 5.48. The molecule has 0 aliphatic heterocycles. The third-order valence-corrected chi connectivity index (χ3v) is 4.42. The van der Waals surface area contributed by atoms with E-state index in [4.69, 9.17) is 5.11 Å². The highest BCUT2D eigenvalue weighted by Crippen LogP contribution is 2.28. The first kappa shape index (κ1) is 13.7. The van der Waals surface area contributed by atoms with Crippen molar-refractivity contribution in [2.45, 2.75) is 13.3 Å². The van der Waals surface area contributed by atoms with Crippen molar-refractivity contribution in [1.82, 2.24) is 4.37 Å². The standard InChI is InChI=1S/C12H12N2O3S2/c1-7-10(12(16)17)11(19-13-7)14(2)9(15)5-8-3-4-18-6-8/h3-4,6H,5H2,1-2H3,(H,16,17). The largest absolute Gasteiger partial charge is 0.478 e. The smallest absolute Gasteiger partial charge is 0.340 e. The van der Waals surface area contributed by atoms with Crippen LogP contribution in [-0.2, 0) is 11.2 Å². The Morgan fingerprint density at radius 3 is 2.79 bits per heavy atom. The lowest BCUT2D eigenvalue weighted by Gasteiger charge is -2.15. The molecule has 2 aromatic heterocycles. The van der Waals surface area contributed by atoms with Crippen LogP contribution in [0.15, 0.2) is 16.8 Å². The monoisotopic (exact) mass is 296 g/mol. The number of carboxylic acid groups (broad SMARTS) is 1. The Morgan fingerprint density at radius 1 is 1.47 bits per heavy atom. The van der Waals surface area contributed by atoms with Gasteiger partial charge in [0.15, 0.2) is 0 Å². The maximum absolute atomic E-state index is 12.1. The molecular weight excluding hydrogens is 284 g/mol. The van der Waals surface area contributed by atoms with Crippen molar-refractivity contribution in [3.8, 4) is 0 Å². The van der Waals surface area contributed by atoms with E-state index >= 15 is 0 Å². The van der Waals surface area contributed by atoms with Crippen LogP contribution in [0.25, 0.3) is 0 Å². The van der Waals surface area contributed by atoms with Gasteiger partial charge in [0.25, 0.3) is 0 Å². The quantitative estimate of drug-likeness (QED) is 0.940. The highest BCUT2D eigenvalue weighted by molar-refractivity contribution is 7.11. The second kappa shape index (κ2) is 5.50. The fraction of sp³-hybridized carbons (Fsp3) is 0.250. The lowest BCUT2D eigenvalue weighted by Crippen LogP contribution is -2.28. The minimum Gasteiger partial charge on any atom is -0.478 e. The molecule has 0 radical (unpaired) electrons. The van der Waals surface area contributed by atoms with Gasteiger partial charge in [-0.1, -0.05) is 0 Å². The summed E-state index contributed by atoms with van der Waals surface area (Å²) in [4.78, 5) is 24.7. The van der Waals surface area contributed by atoms with Gasteiger partial charge in [-0.05, 0) is 40.8 Å². The molecule has 0 saturated carbocycles. The Balaban J connectivity index is 2.22. The van der Waals surface area contributed by atoms with E-state index in [1.54, 1.807) is 14.0 Å². The van der Waals surface area contributed by atoms with Crippen LogP contribution >= 0.6 is 22.9 Å². The predicted octanol–water partition coefficient (Wildman–Crippen LogP) is 2.42. The second-order valence-corrected chi connectivity index (χ2v) is 5.55. The van der Waals surface area contributed by atoms with Gasteiger partial charge in [0.05, 0.1) is 12.1 Å². The average molecular weight is 296 g/mol. The van der Waals surface area contributed by atoms with Crippen molar-refractivity contribution in [2.75, 3.05) is 11.9 Å². The summed E-state index contributed by atoms with van der Waals surface area (Å²) < 4.78 is 4.01. The number of hydrogen-bond donors (Lipinski definition) is 1. The number of nitrogens with zero attached hydrogens (tertiary/aromatic N) is 2. The second-order valence-electron chi connectivity index (χ2n) is 4.01. The van der Waals surface area contributed by atoms with Crippen LogP contribution in [0.1, 0.15) is 21.6 Å². The number of amides is 1. The molecule has 0 saturated heterocycles. The molecule has 0 atom stereocenters. The summed E-state index contributed by atoms with van der Waals surface area (Å²) in [6.45, 7) is 1.63. The van der Waals surface area contributed by atoms with Crippen LogP contribution in [0.5, 0.6) is 0 Å². The zero-order valence-corrected chi connectivity index (χ0v) is 12.0. The Hall–Kier alpha value is -1.73. The summed E-state index contributed by atoms with van der Waals surface area (Å²) in [5, 5.41) is 13.3. The van der Waals surface area contributed by atoms with Gasteiger partial charge in [-0.15, -0.1) is 0 Å². The average Bonchev–Trinajstić information content (AvgIpc) is 2.97. The number of aryl methyl sites for hydroxylation is 1. The first-order chi connectivity index (χ1) is 9.00. The van der Waals surface area contributed by atoms with Crippen LogP contribution in [0.3, 0.4) is 0 Å². The SMILES string of the molecule is Cc1nsc(N(C)C(=O)Cc2ccsc2)c1C(=O)O. The number of aromatic carboxylic acids is 1. The Kier molecular flexibility index (Phi) is 3.96. The van der Waals surface area contributed by atoms with E-state index < -0.39 is 5.97 Å². The highest BCUT2D eigenvalue weighted by atomic mass is 32.1. The molecule has 1 N–H and O–H groups in total. The lowest BCUT2D eigenvalue weighted by atomic mass is 10.2. The predicted molar refractivity (Wildman–Crippen MR) is 75.2 cm³/mol. The number of thiophene rings is 1. The number of hydrogen-bond acceptors (Lipinski definition) is 5. The van der Waals surface area contributed by atoms with E-state index in [2.05, 4.69) is 4.37 Å². The fourth-order valence-corrected chi connectivity index (χ4v) is 3.17. The molecule has 2 heterocycles. The molecule has 100 valence electrons. The maximum atomic E-state index is 12.1. The molecular formula is C12H12N2O3S2. The molecule has 0 spiro atoms. The summed E-state index contributed by atoms with van der Waals surface area (Å²) in [7, 11) is 1.58. The molecule has 0 aromatic carbocycles. The summed E-state index contributed by atoms with van der Waals surface area (Å²) in [5.74, 6) is -1.21. The highest BCUT2D eigenvalue weighted by Gasteiger charge is 2.23. The summed E-state index contributed by atoms with van der Waals surface area (Å²) in [5.41, 5.74) is 1.47. The third kappa shape index (κ3) is 2.82. The van der Waals surface area contributed by atoms with Gasteiger partial charge in [0.2, 0.25) is 5.91 Å². The van der Waals surface area contributed by atoms with E-state index in [1.807, 2.05) is 16.8 Å². The van der Waals surface area contributed by atoms with Crippen molar-refractivity contribution in [3.63, 3.8) is 0 Å². The summed E-state index contributed by atoms with van der Waals surface area (Å²) in [6, 6.07) is 1.88. The number of carbonyl (C=O) groups excluding carboxylic acids is 1. The van der Waals surface area contributed by atoms with Crippen molar-refractivity contribution in [3.05, 3.63) is 33.6 Å². The molecule has 7 heteroatoms. The Bertz CT molecular complexity index is 605. The van der Waals surface area contributed by atoms with Crippen molar-refractivity contribution < 1.29 is 14.7 Å². The maximum Gasteiger partial charge on any atom is 0.340 e. The lowest BCUT2D eigenvalue weighted by molar-refractivity contribution is -0.117. The van der Waals surface area contributed by atoms with E-state index in [0.29, 0.717) is 10.7 Å². The van der Waals surface area contributed by atoms with Crippen molar-refractivity contribution in [2.24, 2.45) is 0 Å². The molecule has 0 fully saturated rings. The minimum absolute atomic E-state index is 0.103. The van der Waals surface area contributed by atoms with Crippen LogP contribution in [0.2, 0.25) is 0 Å². The van der Waals surface area contributed by atoms with E-state index in [9.17, 15) is 9.59 Å². The number of rotatable bonds is 4. The van der Waals surface area contributed by atoms with Gasteiger partial charge in [-0.25, -0.2) is 4.79 Å². The zero-order valence-electron chi connectivity index (χ0n) is 10.4. The van der Waals surface area contributed by atoms with E-state index in [1.165, 1.54) is 16.2 Å². The molecule has 5 nitrogen and oxygen atoms in total. The van der Waals surface area contributed by atoms with Crippen molar-refractivity contribution >= 4 is 39.7 Å².